The Kier molecular flexibility index (Phi) is 6.81. The number of rotatable bonds is 8. The summed E-state index contributed by atoms with van der Waals surface area (Å²) in [5.41, 5.74) is 1.79. The van der Waals surface area contributed by atoms with Gasteiger partial charge in [0.25, 0.3) is 10.0 Å². The maximum Gasteiger partial charge on any atom is 0.264 e. The maximum absolute atomic E-state index is 13.4. The first-order chi connectivity index (χ1) is 14.8. The van der Waals surface area contributed by atoms with Crippen molar-refractivity contribution in [2.24, 2.45) is 0 Å². The third kappa shape index (κ3) is 5.35. The Morgan fingerprint density at radius 2 is 1.55 bits per heavy atom. The predicted molar refractivity (Wildman–Crippen MR) is 120 cm³/mol. The van der Waals surface area contributed by atoms with Gasteiger partial charge in [-0.15, -0.1) is 0 Å². The molecule has 1 amide bonds. The first kappa shape index (κ1) is 22.2. The second kappa shape index (κ2) is 9.53. The predicted octanol–water partition coefficient (Wildman–Crippen LogP) is 3.85. The Labute approximate surface area is 182 Å². The Bertz CT molecular complexity index is 1140. The lowest BCUT2D eigenvalue weighted by molar-refractivity contribution is -0.114. The average molecular weight is 441 g/mol. The third-order valence-corrected chi connectivity index (χ3v) is 6.40. The molecule has 8 heteroatoms. The van der Waals surface area contributed by atoms with E-state index in [4.69, 9.17) is 9.47 Å². The van der Waals surface area contributed by atoms with Gasteiger partial charge in [-0.3, -0.25) is 9.10 Å². The van der Waals surface area contributed by atoms with E-state index in [9.17, 15) is 13.2 Å². The molecular weight excluding hydrogens is 416 g/mol. The number of nitrogens with zero attached hydrogens (tertiary/aromatic N) is 1. The van der Waals surface area contributed by atoms with Crippen molar-refractivity contribution in [3.05, 3.63) is 78.4 Å². The number of sulfonamides is 1. The number of carbonyl (C=O) groups excluding carboxylic acids is 1. The zero-order valence-corrected chi connectivity index (χ0v) is 18.3. The molecule has 3 rings (SSSR count). The molecule has 0 saturated heterocycles. The normalized spacial score (nSPS) is 10.9. The number of hydrogen-bond donors (Lipinski definition) is 1. The van der Waals surface area contributed by atoms with Gasteiger partial charge in [-0.1, -0.05) is 23.8 Å². The summed E-state index contributed by atoms with van der Waals surface area (Å²) in [5, 5.41) is 2.72. The smallest absolute Gasteiger partial charge is 0.264 e. The van der Waals surface area contributed by atoms with E-state index >= 15 is 0 Å². The molecule has 0 saturated carbocycles. The van der Waals surface area contributed by atoms with Crippen LogP contribution in [-0.2, 0) is 14.8 Å². The van der Waals surface area contributed by atoms with Crippen molar-refractivity contribution < 1.29 is 22.7 Å². The first-order valence-electron chi connectivity index (χ1n) is 9.51. The van der Waals surface area contributed by atoms with Crippen LogP contribution in [0.15, 0.2) is 77.7 Å². The number of aryl methyl sites for hydroxylation is 1. The van der Waals surface area contributed by atoms with Crippen LogP contribution in [0, 0.1) is 6.92 Å². The molecule has 0 aliphatic heterocycles. The fraction of sp³-hybridized carbons (Fsp3) is 0.174. The highest BCUT2D eigenvalue weighted by Gasteiger charge is 2.27. The molecule has 3 aromatic rings. The Hall–Kier alpha value is -3.52. The van der Waals surface area contributed by atoms with Crippen LogP contribution in [0.4, 0.5) is 11.4 Å². The Morgan fingerprint density at radius 1 is 0.903 bits per heavy atom. The lowest BCUT2D eigenvalue weighted by atomic mass is 10.2. The van der Waals surface area contributed by atoms with E-state index in [2.05, 4.69) is 5.32 Å². The molecule has 1 N–H and O–H groups in total. The second-order valence-electron chi connectivity index (χ2n) is 6.80. The lowest BCUT2D eigenvalue weighted by Gasteiger charge is -2.24. The molecule has 0 aliphatic carbocycles. The van der Waals surface area contributed by atoms with Gasteiger partial charge in [0, 0.05) is 11.8 Å². The van der Waals surface area contributed by atoms with E-state index in [-0.39, 0.29) is 4.90 Å². The van der Waals surface area contributed by atoms with Crippen LogP contribution in [0.3, 0.4) is 0 Å². The van der Waals surface area contributed by atoms with Crippen LogP contribution in [0.2, 0.25) is 0 Å². The van der Waals surface area contributed by atoms with Gasteiger partial charge < -0.3 is 14.8 Å². The molecule has 0 atom stereocenters. The average Bonchev–Trinajstić information content (AvgIpc) is 2.78. The van der Waals surface area contributed by atoms with Crippen molar-refractivity contribution in [2.45, 2.75) is 11.8 Å². The summed E-state index contributed by atoms with van der Waals surface area (Å²) in [5.74, 6) is 0.675. The van der Waals surface area contributed by atoms with Gasteiger partial charge in [-0.05, 0) is 55.5 Å². The molecule has 0 heterocycles. The largest absolute Gasteiger partial charge is 0.497 e. The van der Waals surface area contributed by atoms with Gasteiger partial charge in [-0.25, -0.2) is 8.42 Å². The quantitative estimate of drug-likeness (QED) is 0.575. The molecular formula is C23H24N2O5S. The SMILES string of the molecule is COc1ccc(N(CC(=O)Nc2cccc(OC)c2)S(=O)(=O)c2ccc(C)cc2)cc1. The molecule has 7 nitrogen and oxygen atoms in total. The van der Waals surface area contributed by atoms with Crippen LogP contribution in [0.25, 0.3) is 0 Å². The molecule has 31 heavy (non-hydrogen) atoms. The van der Waals surface area contributed by atoms with E-state index in [0.717, 1.165) is 9.87 Å². The molecule has 0 aromatic heterocycles. The van der Waals surface area contributed by atoms with Crippen molar-refractivity contribution in [2.75, 3.05) is 30.4 Å². The summed E-state index contributed by atoms with van der Waals surface area (Å²) < 4.78 is 38.2. The van der Waals surface area contributed by atoms with Gasteiger partial charge in [0.15, 0.2) is 0 Å². The number of anilines is 2. The number of ether oxygens (including phenoxy) is 2. The first-order valence-corrected chi connectivity index (χ1v) is 10.9. The number of carbonyl (C=O) groups is 1. The minimum atomic E-state index is -3.98. The van der Waals surface area contributed by atoms with Gasteiger partial charge in [-0.2, -0.15) is 0 Å². The minimum absolute atomic E-state index is 0.100. The maximum atomic E-state index is 13.4. The van der Waals surface area contributed by atoms with Crippen molar-refractivity contribution in [3.8, 4) is 11.5 Å². The van der Waals surface area contributed by atoms with E-state index < -0.39 is 22.5 Å². The van der Waals surface area contributed by atoms with E-state index in [1.54, 1.807) is 60.7 Å². The van der Waals surface area contributed by atoms with Crippen molar-refractivity contribution in [1.29, 1.82) is 0 Å². The summed E-state index contributed by atoms with van der Waals surface area (Å²) in [6.45, 7) is 1.47. The summed E-state index contributed by atoms with van der Waals surface area (Å²) in [6.07, 6.45) is 0. The van der Waals surface area contributed by atoms with Crippen LogP contribution >= 0.6 is 0 Å². The molecule has 0 unspecified atom stereocenters. The molecule has 0 radical (unpaired) electrons. The molecule has 0 bridgehead atoms. The molecule has 3 aromatic carbocycles. The van der Waals surface area contributed by atoms with Crippen LogP contribution in [0.1, 0.15) is 5.56 Å². The van der Waals surface area contributed by atoms with E-state index in [0.29, 0.717) is 22.9 Å². The van der Waals surface area contributed by atoms with Crippen molar-refractivity contribution in [3.63, 3.8) is 0 Å². The second-order valence-corrected chi connectivity index (χ2v) is 8.67. The molecule has 0 spiro atoms. The van der Waals surface area contributed by atoms with Crippen LogP contribution in [0.5, 0.6) is 11.5 Å². The number of benzene rings is 3. The molecule has 0 fully saturated rings. The topological polar surface area (TPSA) is 84.9 Å². The van der Waals surface area contributed by atoms with Gasteiger partial charge in [0.05, 0.1) is 24.8 Å². The Balaban J connectivity index is 1.93. The number of methoxy groups -OCH3 is 2. The standard InChI is InChI=1S/C23H24N2O5S/c1-17-7-13-22(14-8-17)31(27,28)25(19-9-11-20(29-2)12-10-19)16-23(26)24-18-5-4-6-21(15-18)30-3/h4-15H,16H2,1-3H3,(H,24,26). The van der Waals surface area contributed by atoms with Crippen molar-refractivity contribution in [1.82, 2.24) is 0 Å². The van der Waals surface area contributed by atoms with Gasteiger partial charge in [0.1, 0.15) is 18.0 Å². The highest BCUT2D eigenvalue weighted by Crippen LogP contribution is 2.26. The summed E-state index contributed by atoms with van der Waals surface area (Å²) in [7, 11) is -0.930. The van der Waals surface area contributed by atoms with E-state index in [1.165, 1.54) is 26.4 Å². The summed E-state index contributed by atoms with van der Waals surface area (Å²) in [4.78, 5) is 12.9. The zero-order valence-electron chi connectivity index (χ0n) is 17.5. The number of nitrogens with one attached hydrogen (secondary N) is 1. The third-order valence-electron chi connectivity index (χ3n) is 4.61. The van der Waals surface area contributed by atoms with E-state index in [1.807, 2.05) is 6.92 Å². The highest BCUT2D eigenvalue weighted by atomic mass is 32.2. The summed E-state index contributed by atoms with van der Waals surface area (Å²) in [6, 6.07) is 19.8. The van der Waals surface area contributed by atoms with Crippen LogP contribution < -0.4 is 19.1 Å². The summed E-state index contributed by atoms with van der Waals surface area (Å²) >= 11 is 0. The minimum Gasteiger partial charge on any atom is -0.497 e. The monoisotopic (exact) mass is 440 g/mol. The fourth-order valence-corrected chi connectivity index (χ4v) is 4.35. The van der Waals surface area contributed by atoms with Crippen molar-refractivity contribution >= 4 is 27.3 Å². The fourth-order valence-electron chi connectivity index (χ4n) is 2.93. The molecule has 162 valence electrons. The van der Waals surface area contributed by atoms with Gasteiger partial charge >= 0.3 is 0 Å². The number of amides is 1. The lowest BCUT2D eigenvalue weighted by Crippen LogP contribution is -2.38. The zero-order chi connectivity index (χ0) is 22.4. The Morgan fingerprint density at radius 3 is 2.16 bits per heavy atom. The number of hydrogen-bond acceptors (Lipinski definition) is 5. The van der Waals surface area contributed by atoms with Crippen LogP contribution in [-0.4, -0.2) is 35.1 Å². The highest BCUT2D eigenvalue weighted by molar-refractivity contribution is 7.92. The molecule has 0 aliphatic rings. The van der Waals surface area contributed by atoms with Gasteiger partial charge in [0.2, 0.25) is 5.91 Å².